The molecule has 0 unspecified atom stereocenters. The molecular formula is C24H20F3NO3S. The summed E-state index contributed by atoms with van der Waals surface area (Å²) in [5.41, 5.74) is 1.49. The van der Waals surface area contributed by atoms with Crippen LogP contribution < -0.4 is 4.90 Å². The molecule has 0 saturated heterocycles. The number of carbonyl (C=O) groups is 2. The summed E-state index contributed by atoms with van der Waals surface area (Å²) in [4.78, 5) is 24.8. The molecule has 32 heavy (non-hydrogen) atoms. The van der Waals surface area contributed by atoms with Gasteiger partial charge in [-0.05, 0) is 42.8 Å². The summed E-state index contributed by atoms with van der Waals surface area (Å²) in [6, 6.07) is 19.4. The third kappa shape index (κ3) is 5.70. The number of hydrogen-bond acceptors (Lipinski definition) is 3. The second-order valence-corrected chi connectivity index (χ2v) is 8.08. The number of hydrogen-bond donors (Lipinski definition) is 1. The molecule has 3 aromatic rings. The van der Waals surface area contributed by atoms with Gasteiger partial charge in [0.2, 0.25) is 5.91 Å². The molecule has 1 aliphatic heterocycles. The largest absolute Gasteiger partial charge is 0.478 e. The molecule has 1 N–H and O–H groups in total. The van der Waals surface area contributed by atoms with Crippen LogP contribution in [0.15, 0.2) is 77.7 Å². The van der Waals surface area contributed by atoms with Gasteiger partial charge in [-0.25, -0.2) is 4.79 Å². The van der Waals surface area contributed by atoms with Crippen LogP contribution in [0.2, 0.25) is 0 Å². The molecule has 0 fully saturated rings. The number of carboxylic acid groups (broad SMARTS) is 1. The van der Waals surface area contributed by atoms with Crippen molar-refractivity contribution in [3.63, 3.8) is 0 Å². The Labute approximate surface area is 187 Å². The Balaban J connectivity index is 0.000000243. The number of anilines is 1. The molecule has 0 saturated carbocycles. The molecular weight excluding hydrogens is 439 g/mol. The Morgan fingerprint density at radius 1 is 1.00 bits per heavy atom. The van der Waals surface area contributed by atoms with E-state index < -0.39 is 17.7 Å². The summed E-state index contributed by atoms with van der Waals surface area (Å²) < 4.78 is 39.3. The molecule has 1 heterocycles. The van der Waals surface area contributed by atoms with Gasteiger partial charge in [0.25, 0.3) is 0 Å². The van der Waals surface area contributed by atoms with E-state index >= 15 is 0 Å². The van der Waals surface area contributed by atoms with Crippen LogP contribution in [0.4, 0.5) is 18.9 Å². The number of amides is 1. The lowest BCUT2D eigenvalue weighted by atomic mass is 10.1. The van der Waals surface area contributed by atoms with Crippen LogP contribution in [-0.4, -0.2) is 22.7 Å². The van der Waals surface area contributed by atoms with Gasteiger partial charge in [0, 0.05) is 4.90 Å². The second-order valence-electron chi connectivity index (χ2n) is 7.06. The number of fused-ring (bicyclic) bond motifs is 1. The lowest BCUT2D eigenvalue weighted by Crippen LogP contribution is -2.35. The molecule has 4 rings (SSSR count). The molecule has 3 aromatic carbocycles. The molecule has 0 atom stereocenters. The van der Waals surface area contributed by atoms with E-state index in [1.807, 2.05) is 19.1 Å². The highest BCUT2D eigenvalue weighted by Gasteiger charge is 2.34. The molecule has 166 valence electrons. The number of thioether (sulfide) groups is 1. The van der Waals surface area contributed by atoms with Gasteiger partial charge < -0.3 is 10.0 Å². The van der Waals surface area contributed by atoms with Gasteiger partial charge in [-0.15, -0.1) is 11.8 Å². The Morgan fingerprint density at radius 3 is 2.28 bits per heavy atom. The number of alkyl halides is 3. The Bertz CT molecular complexity index is 1110. The summed E-state index contributed by atoms with van der Waals surface area (Å²) in [6.45, 7) is 1.84. The van der Waals surface area contributed by atoms with Crippen molar-refractivity contribution in [3.05, 3.63) is 95.1 Å². The number of nitrogens with zero attached hydrogens (tertiary/aromatic N) is 1. The minimum absolute atomic E-state index is 0.0773. The van der Waals surface area contributed by atoms with Crippen LogP contribution in [-0.2, 0) is 17.5 Å². The minimum Gasteiger partial charge on any atom is -0.478 e. The minimum atomic E-state index is -4.43. The van der Waals surface area contributed by atoms with Gasteiger partial charge in [0.05, 0.1) is 29.1 Å². The first-order chi connectivity index (χ1) is 15.2. The summed E-state index contributed by atoms with van der Waals surface area (Å²) in [7, 11) is 0. The topological polar surface area (TPSA) is 57.6 Å². The summed E-state index contributed by atoms with van der Waals surface area (Å²) in [5.74, 6) is -0.814. The number of benzene rings is 3. The monoisotopic (exact) mass is 459 g/mol. The highest BCUT2D eigenvalue weighted by Crippen LogP contribution is 2.38. The predicted octanol–water partition coefficient (Wildman–Crippen LogP) is 6.04. The van der Waals surface area contributed by atoms with Crippen LogP contribution in [0, 0.1) is 6.92 Å². The van der Waals surface area contributed by atoms with Crippen molar-refractivity contribution in [1.82, 2.24) is 0 Å². The smallest absolute Gasteiger partial charge is 0.416 e. The average Bonchev–Trinajstić information content (AvgIpc) is 2.76. The van der Waals surface area contributed by atoms with Crippen molar-refractivity contribution in [3.8, 4) is 0 Å². The van der Waals surface area contributed by atoms with Crippen LogP contribution in [0.25, 0.3) is 0 Å². The fraction of sp³-hybridized carbons (Fsp3) is 0.167. The lowest BCUT2D eigenvalue weighted by Gasteiger charge is -2.29. The van der Waals surface area contributed by atoms with Crippen LogP contribution in [0.5, 0.6) is 0 Å². The van der Waals surface area contributed by atoms with E-state index in [9.17, 15) is 22.8 Å². The Morgan fingerprint density at radius 2 is 1.62 bits per heavy atom. The second kappa shape index (κ2) is 9.91. The van der Waals surface area contributed by atoms with Crippen molar-refractivity contribution in [2.45, 2.75) is 24.5 Å². The van der Waals surface area contributed by atoms with Crippen molar-refractivity contribution in [1.29, 1.82) is 0 Å². The number of aryl methyl sites for hydroxylation is 1. The molecule has 0 aromatic heterocycles. The first kappa shape index (κ1) is 23.4. The predicted molar refractivity (Wildman–Crippen MR) is 118 cm³/mol. The van der Waals surface area contributed by atoms with Gasteiger partial charge >= 0.3 is 12.1 Å². The quantitative estimate of drug-likeness (QED) is 0.519. The molecule has 8 heteroatoms. The van der Waals surface area contributed by atoms with Gasteiger partial charge in [-0.1, -0.05) is 48.0 Å². The fourth-order valence-electron chi connectivity index (χ4n) is 3.13. The van der Waals surface area contributed by atoms with E-state index in [1.54, 1.807) is 42.5 Å². The maximum Gasteiger partial charge on any atom is 0.416 e. The number of rotatable bonds is 3. The lowest BCUT2D eigenvalue weighted by molar-refractivity contribution is -0.138. The van der Waals surface area contributed by atoms with Gasteiger partial charge in [-0.2, -0.15) is 13.2 Å². The van der Waals surface area contributed by atoms with E-state index in [0.29, 0.717) is 11.3 Å². The zero-order valence-electron chi connectivity index (χ0n) is 17.1. The molecule has 0 bridgehead atoms. The van der Waals surface area contributed by atoms with Crippen LogP contribution in [0.1, 0.15) is 27.0 Å². The number of halogens is 3. The Hall–Kier alpha value is -3.26. The van der Waals surface area contributed by atoms with E-state index in [2.05, 4.69) is 0 Å². The molecule has 0 aliphatic carbocycles. The van der Waals surface area contributed by atoms with Crippen LogP contribution in [0.3, 0.4) is 0 Å². The molecule has 0 radical (unpaired) electrons. The average molecular weight is 459 g/mol. The number of para-hydroxylation sites is 1. The first-order valence-corrected chi connectivity index (χ1v) is 10.6. The highest BCUT2D eigenvalue weighted by molar-refractivity contribution is 8.00. The number of aromatic carboxylic acids is 1. The summed E-state index contributed by atoms with van der Waals surface area (Å²) in [6.07, 6.45) is -4.43. The van der Waals surface area contributed by atoms with Crippen molar-refractivity contribution in [2.75, 3.05) is 10.7 Å². The summed E-state index contributed by atoms with van der Waals surface area (Å²) >= 11 is 1.41. The molecule has 1 amide bonds. The van der Waals surface area contributed by atoms with Crippen molar-refractivity contribution in [2.24, 2.45) is 0 Å². The zero-order chi connectivity index (χ0) is 23.3. The molecule has 4 nitrogen and oxygen atoms in total. The van der Waals surface area contributed by atoms with Crippen molar-refractivity contribution >= 4 is 29.3 Å². The molecule has 0 spiro atoms. The van der Waals surface area contributed by atoms with Crippen molar-refractivity contribution < 1.29 is 27.9 Å². The van der Waals surface area contributed by atoms with Crippen LogP contribution >= 0.6 is 11.8 Å². The normalized spacial score (nSPS) is 13.1. The number of carbonyl (C=O) groups excluding carboxylic acids is 1. The Kier molecular flexibility index (Phi) is 7.25. The molecule has 1 aliphatic rings. The highest BCUT2D eigenvalue weighted by atomic mass is 32.2. The standard InChI is InChI=1S/C16H12F3NOS.C8H8O2/c17-16(18,19)12-6-2-1-5-11(12)9-20-13-7-3-4-8-14(13)22-10-15(20)21;1-6-2-4-7(5-3-6)8(9)10/h1-8H,9-10H2;2-5H,1H3,(H,9,10). The zero-order valence-corrected chi connectivity index (χ0v) is 17.9. The van der Waals surface area contributed by atoms with E-state index in [1.165, 1.54) is 28.8 Å². The van der Waals surface area contributed by atoms with Gasteiger partial charge in [0.15, 0.2) is 0 Å². The first-order valence-electron chi connectivity index (χ1n) is 9.64. The van der Waals surface area contributed by atoms with Gasteiger partial charge in [0.1, 0.15) is 0 Å². The van der Waals surface area contributed by atoms with Gasteiger partial charge in [-0.3, -0.25) is 4.79 Å². The third-order valence-corrected chi connectivity index (χ3v) is 5.81. The van der Waals surface area contributed by atoms with E-state index in [0.717, 1.165) is 16.5 Å². The summed E-state index contributed by atoms with van der Waals surface area (Å²) in [5, 5.41) is 8.48. The maximum atomic E-state index is 13.1. The number of carboxylic acids is 1. The fourth-order valence-corrected chi connectivity index (χ4v) is 4.06. The maximum absolute atomic E-state index is 13.1. The van der Waals surface area contributed by atoms with E-state index in [-0.39, 0.29) is 23.8 Å². The SMILES string of the molecule is Cc1ccc(C(=O)O)cc1.O=C1CSc2ccccc2N1Cc1ccccc1C(F)(F)F. The third-order valence-electron chi connectivity index (χ3n) is 4.76. The van der Waals surface area contributed by atoms with E-state index in [4.69, 9.17) is 5.11 Å².